The lowest BCUT2D eigenvalue weighted by molar-refractivity contribution is 0.581. The molecular formula is C12H8BrF3N2O2S. The van der Waals surface area contributed by atoms with Gasteiger partial charge in [0.2, 0.25) is 0 Å². The van der Waals surface area contributed by atoms with Gasteiger partial charge in [-0.15, -0.1) is 0 Å². The van der Waals surface area contributed by atoms with Gasteiger partial charge in [-0.25, -0.2) is 21.6 Å². The molecule has 2 aromatic carbocycles. The van der Waals surface area contributed by atoms with Crippen LogP contribution in [0.25, 0.3) is 0 Å². The van der Waals surface area contributed by atoms with Crippen molar-refractivity contribution in [1.29, 1.82) is 0 Å². The summed E-state index contributed by atoms with van der Waals surface area (Å²) in [6.07, 6.45) is 0. The van der Waals surface area contributed by atoms with Crippen molar-refractivity contribution in [1.82, 2.24) is 0 Å². The van der Waals surface area contributed by atoms with Crippen molar-refractivity contribution in [3.05, 3.63) is 52.3 Å². The molecule has 0 amide bonds. The number of benzene rings is 2. The highest BCUT2D eigenvalue weighted by Crippen LogP contribution is 2.27. The summed E-state index contributed by atoms with van der Waals surface area (Å²) >= 11 is 2.87. The molecule has 3 N–H and O–H groups in total. The molecule has 9 heteroatoms. The van der Waals surface area contributed by atoms with E-state index in [1.807, 2.05) is 0 Å². The largest absolute Gasteiger partial charge is 0.396 e. The monoisotopic (exact) mass is 380 g/mol. The molecule has 2 rings (SSSR count). The molecule has 0 atom stereocenters. The highest BCUT2D eigenvalue weighted by molar-refractivity contribution is 9.10. The Labute approximate surface area is 127 Å². The maximum Gasteiger partial charge on any atom is 0.262 e. The summed E-state index contributed by atoms with van der Waals surface area (Å²) in [4.78, 5) is -0.414. The van der Waals surface area contributed by atoms with E-state index < -0.39 is 43.7 Å². The lowest BCUT2D eigenvalue weighted by Crippen LogP contribution is -2.15. The lowest BCUT2D eigenvalue weighted by Gasteiger charge is -2.11. The van der Waals surface area contributed by atoms with Gasteiger partial charge in [-0.05, 0) is 30.3 Å². The number of sulfonamides is 1. The molecule has 0 spiro atoms. The van der Waals surface area contributed by atoms with Gasteiger partial charge in [0, 0.05) is 4.47 Å². The third kappa shape index (κ3) is 3.30. The zero-order valence-corrected chi connectivity index (χ0v) is 12.6. The van der Waals surface area contributed by atoms with Crippen LogP contribution in [0.4, 0.5) is 24.5 Å². The molecule has 0 bridgehead atoms. The molecule has 0 aliphatic carbocycles. The van der Waals surface area contributed by atoms with E-state index >= 15 is 0 Å². The van der Waals surface area contributed by atoms with Crippen LogP contribution in [-0.2, 0) is 10.0 Å². The molecule has 0 fully saturated rings. The molecule has 0 aliphatic rings. The fourth-order valence-corrected chi connectivity index (χ4v) is 3.03. The first-order valence-electron chi connectivity index (χ1n) is 5.43. The number of hydrogen-bond donors (Lipinski definition) is 2. The quantitative estimate of drug-likeness (QED) is 0.802. The minimum absolute atomic E-state index is 0.117. The highest BCUT2D eigenvalue weighted by atomic mass is 79.9. The van der Waals surface area contributed by atoms with Gasteiger partial charge in [0.1, 0.15) is 11.5 Å². The summed E-state index contributed by atoms with van der Waals surface area (Å²) in [6.45, 7) is 0. The first-order chi connectivity index (χ1) is 9.70. The third-order valence-electron chi connectivity index (χ3n) is 2.52. The van der Waals surface area contributed by atoms with Gasteiger partial charge in [0.05, 0.1) is 10.6 Å². The molecule has 0 heterocycles. The van der Waals surface area contributed by atoms with Crippen molar-refractivity contribution in [2.24, 2.45) is 0 Å². The van der Waals surface area contributed by atoms with Crippen LogP contribution in [0, 0.1) is 17.5 Å². The Hall–Kier alpha value is -1.74. The number of hydrogen-bond acceptors (Lipinski definition) is 3. The Kier molecular flexibility index (Phi) is 4.15. The molecule has 2 aromatic rings. The molecular weight excluding hydrogens is 373 g/mol. The zero-order valence-electron chi connectivity index (χ0n) is 10.2. The van der Waals surface area contributed by atoms with Crippen LogP contribution in [0.1, 0.15) is 0 Å². The van der Waals surface area contributed by atoms with E-state index in [1.54, 1.807) is 4.72 Å². The van der Waals surface area contributed by atoms with Crippen LogP contribution in [0.3, 0.4) is 0 Å². The third-order valence-corrected chi connectivity index (χ3v) is 4.33. The first-order valence-corrected chi connectivity index (χ1v) is 7.71. The number of halogens is 4. The fraction of sp³-hybridized carbons (Fsp3) is 0. The van der Waals surface area contributed by atoms with Crippen molar-refractivity contribution in [2.45, 2.75) is 4.90 Å². The number of nitrogens with one attached hydrogen (secondary N) is 1. The van der Waals surface area contributed by atoms with E-state index in [0.717, 1.165) is 30.3 Å². The van der Waals surface area contributed by atoms with Gasteiger partial charge in [0.15, 0.2) is 11.6 Å². The van der Waals surface area contributed by atoms with Crippen LogP contribution in [-0.4, -0.2) is 8.42 Å². The standard InChI is InChI=1S/C12H8BrF3N2O2S/c13-6-3-9(15)12(10(16)4-6)18-21(19,20)7-1-2-8(14)11(17)5-7/h1-5,18H,17H2. The molecule has 21 heavy (non-hydrogen) atoms. The van der Waals surface area contributed by atoms with E-state index in [4.69, 9.17) is 5.73 Å². The van der Waals surface area contributed by atoms with Gasteiger partial charge >= 0.3 is 0 Å². The van der Waals surface area contributed by atoms with Gasteiger partial charge < -0.3 is 5.73 Å². The maximum absolute atomic E-state index is 13.6. The van der Waals surface area contributed by atoms with Crippen molar-refractivity contribution < 1.29 is 21.6 Å². The van der Waals surface area contributed by atoms with Crippen LogP contribution in [0.5, 0.6) is 0 Å². The number of anilines is 2. The summed E-state index contributed by atoms with van der Waals surface area (Å²) < 4.78 is 66.2. The van der Waals surface area contributed by atoms with E-state index in [0.29, 0.717) is 0 Å². The summed E-state index contributed by atoms with van der Waals surface area (Å²) in [5.41, 5.74) is 4.04. The average molecular weight is 381 g/mol. The first kappa shape index (κ1) is 15.6. The molecule has 0 unspecified atom stereocenters. The molecule has 0 radical (unpaired) electrons. The van der Waals surface area contributed by atoms with Crippen LogP contribution >= 0.6 is 15.9 Å². The Morgan fingerprint density at radius 2 is 1.57 bits per heavy atom. The van der Waals surface area contributed by atoms with Crippen LogP contribution < -0.4 is 10.5 Å². The van der Waals surface area contributed by atoms with Gasteiger partial charge in [-0.1, -0.05) is 15.9 Å². The van der Waals surface area contributed by atoms with Crippen molar-refractivity contribution in [2.75, 3.05) is 10.5 Å². The number of rotatable bonds is 3. The maximum atomic E-state index is 13.6. The lowest BCUT2D eigenvalue weighted by atomic mass is 10.3. The topological polar surface area (TPSA) is 72.2 Å². The van der Waals surface area contributed by atoms with Crippen molar-refractivity contribution >= 4 is 37.3 Å². The minimum Gasteiger partial charge on any atom is -0.396 e. The van der Waals surface area contributed by atoms with Crippen molar-refractivity contribution in [3.8, 4) is 0 Å². The smallest absolute Gasteiger partial charge is 0.262 e. The van der Waals surface area contributed by atoms with E-state index in [2.05, 4.69) is 15.9 Å². The number of nitrogens with two attached hydrogens (primary N) is 1. The van der Waals surface area contributed by atoms with Gasteiger partial charge in [-0.2, -0.15) is 0 Å². The van der Waals surface area contributed by atoms with E-state index in [9.17, 15) is 21.6 Å². The van der Waals surface area contributed by atoms with Gasteiger partial charge in [-0.3, -0.25) is 4.72 Å². The van der Waals surface area contributed by atoms with E-state index in [-0.39, 0.29) is 4.47 Å². The van der Waals surface area contributed by atoms with Crippen molar-refractivity contribution in [3.63, 3.8) is 0 Å². The SMILES string of the molecule is Nc1cc(S(=O)(=O)Nc2c(F)cc(Br)cc2F)ccc1F. The summed E-state index contributed by atoms with van der Waals surface area (Å²) in [6, 6.07) is 4.44. The Balaban J connectivity index is 2.44. The second-order valence-electron chi connectivity index (χ2n) is 4.03. The molecule has 0 saturated carbocycles. The van der Waals surface area contributed by atoms with Gasteiger partial charge in [0.25, 0.3) is 10.0 Å². The average Bonchev–Trinajstić information content (AvgIpc) is 2.37. The van der Waals surface area contributed by atoms with E-state index in [1.165, 1.54) is 0 Å². The molecule has 0 saturated heterocycles. The van der Waals surface area contributed by atoms with Crippen LogP contribution in [0.15, 0.2) is 39.7 Å². The normalized spacial score (nSPS) is 11.4. The second kappa shape index (κ2) is 5.57. The molecule has 112 valence electrons. The molecule has 0 aliphatic heterocycles. The summed E-state index contributed by atoms with van der Waals surface area (Å²) in [5, 5.41) is 0. The van der Waals surface area contributed by atoms with Crippen LogP contribution in [0.2, 0.25) is 0 Å². The predicted molar refractivity (Wildman–Crippen MR) is 75.7 cm³/mol. The molecule has 0 aromatic heterocycles. The molecule has 4 nitrogen and oxygen atoms in total. The second-order valence-corrected chi connectivity index (χ2v) is 6.63. The minimum atomic E-state index is -4.30. The Bertz CT molecular complexity index is 789. The summed E-state index contributed by atoms with van der Waals surface area (Å²) in [7, 11) is -4.30. The fourth-order valence-electron chi connectivity index (χ4n) is 1.52. The summed E-state index contributed by atoms with van der Waals surface area (Å²) in [5.74, 6) is -2.99. The predicted octanol–water partition coefficient (Wildman–Crippen LogP) is 3.25. The zero-order chi connectivity index (χ0) is 15.8. The highest BCUT2D eigenvalue weighted by Gasteiger charge is 2.20. The Morgan fingerprint density at radius 3 is 2.10 bits per heavy atom. The number of nitrogen functional groups attached to an aromatic ring is 1. The Morgan fingerprint density at radius 1 is 1.00 bits per heavy atom.